The Bertz CT molecular complexity index is 1020. The number of carbonyl (C=O) groups excluding carboxylic acids is 2. The average molecular weight is 410 g/mol. The molecule has 6 nitrogen and oxygen atoms in total. The van der Waals surface area contributed by atoms with Crippen LogP contribution in [0.3, 0.4) is 0 Å². The van der Waals surface area contributed by atoms with Crippen molar-refractivity contribution in [2.45, 2.75) is 32.9 Å². The minimum absolute atomic E-state index is 0.0548. The monoisotopic (exact) mass is 409 g/mol. The maximum atomic E-state index is 12.6. The first-order valence-corrected chi connectivity index (χ1v) is 10.2. The molecule has 2 heterocycles. The number of benzene rings is 1. The number of aryl methyl sites for hydroxylation is 3. The zero-order chi connectivity index (χ0) is 21.0. The van der Waals surface area contributed by atoms with Crippen LogP contribution in [0, 0.1) is 27.7 Å². The van der Waals surface area contributed by atoms with E-state index >= 15 is 0 Å². The Kier molecular flexibility index (Phi) is 6.49. The third-order valence-electron chi connectivity index (χ3n) is 4.39. The summed E-state index contributed by atoms with van der Waals surface area (Å²) in [5, 5.41) is 0.525. The number of esters is 1. The van der Waals surface area contributed by atoms with Crippen molar-refractivity contribution in [1.82, 2.24) is 14.5 Å². The van der Waals surface area contributed by atoms with Crippen LogP contribution in [0.4, 0.5) is 0 Å². The second-order valence-corrected chi connectivity index (χ2v) is 7.70. The highest BCUT2D eigenvalue weighted by Gasteiger charge is 2.18. The summed E-state index contributed by atoms with van der Waals surface area (Å²) >= 11 is 1.20. The van der Waals surface area contributed by atoms with Crippen LogP contribution in [0.15, 0.2) is 47.6 Å². The molecule has 0 spiro atoms. The van der Waals surface area contributed by atoms with Crippen LogP contribution in [0.25, 0.3) is 5.69 Å². The number of ether oxygens (including phenoxy) is 1. The fourth-order valence-corrected chi connectivity index (χ4v) is 3.91. The molecule has 0 bridgehead atoms. The number of hydrogen-bond acceptors (Lipinski definition) is 6. The van der Waals surface area contributed by atoms with Crippen molar-refractivity contribution in [2.75, 3.05) is 12.4 Å². The smallest absolute Gasteiger partial charge is 0.316 e. The number of nitrogens with zero attached hydrogens (tertiary/aromatic N) is 3. The van der Waals surface area contributed by atoms with Gasteiger partial charge in [0.2, 0.25) is 5.78 Å². The molecule has 0 amide bonds. The van der Waals surface area contributed by atoms with Crippen molar-refractivity contribution in [3.05, 3.63) is 70.8 Å². The molecule has 0 aliphatic carbocycles. The summed E-state index contributed by atoms with van der Waals surface area (Å²) in [5.41, 5.74) is 5.01. The van der Waals surface area contributed by atoms with Crippen LogP contribution in [-0.2, 0) is 9.53 Å². The molecule has 0 fully saturated rings. The summed E-state index contributed by atoms with van der Waals surface area (Å²) in [4.78, 5) is 33.2. The maximum Gasteiger partial charge on any atom is 0.316 e. The van der Waals surface area contributed by atoms with Gasteiger partial charge in [0.25, 0.3) is 0 Å². The highest BCUT2D eigenvalue weighted by Crippen LogP contribution is 2.21. The number of rotatable bonds is 7. The highest BCUT2D eigenvalue weighted by atomic mass is 32.2. The van der Waals surface area contributed by atoms with Crippen molar-refractivity contribution >= 4 is 23.5 Å². The standard InChI is InChI=1S/C22H23N3O3S/c1-14-10-15(2)24-22(23-14)29-13-21(27)28-12-20(26)19-11-16(3)25(17(19)4)18-8-6-5-7-9-18/h5-11H,12-13H2,1-4H3. The molecule has 3 rings (SSSR count). The van der Waals surface area contributed by atoms with Crippen molar-refractivity contribution in [2.24, 2.45) is 0 Å². The van der Waals surface area contributed by atoms with Crippen molar-refractivity contribution in [3.63, 3.8) is 0 Å². The van der Waals surface area contributed by atoms with Crippen molar-refractivity contribution in [3.8, 4) is 5.69 Å². The molecule has 0 aliphatic heterocycles. The molecule has 0 radical (unpaired) electrons. The van der Waals surface area contributed by atoms with E-state index in [9.17, 15) is 9.59 Å². The van der Waals surface area contributed by atoms with Crippen molar-refractivity contribution < 1.29 is 14.3 Å². The molecule has 29 heavy (non-hydrogen) atoms. The van der Waals surface area contributed by atoms with E-state index in [-0.39, 0.29) is 18.1 Å². The normalized spacial score (nSPS) is 10.8. The van der Waals surface area contributed by atoms with Gasteiger partial charge in [-0.3, -0.25) is 9.59 Å². The van der Waals surface area contributed by atoms with Crippen LogP contribution >= 0.6 is 11.8 Å². The first-order valence-electron chi connectivity index (χ1n) is 9.23. The Morgan fingerprint density at radius 2 is 1.66 bits per heavy atom. The minimum Gasteiger partial charge on any atom is -0.457 e. The number of hydrogen-bond donors (Lipinski definition) is 0. The van der Waals surface area contributed by atoms with Crippen LogP contribution in [0.1, 0.15) is 33.1 Å². The Morgan fingerprint density at radius 1 is 1.00 bits per heavy atom. The van der Waals surface area contributed by atoms with Gasteiger partial charge in [0.05, 0.1) is 5.75 Å². The molecule has 0 atom stereocenters. The number of carbonyl (C=O) groups is 2. The van der Waals surface area contributed by atoms with E-state index < -0.39 is 5.97 Å². The predicted molar refractivity (Wildman–Crippen MR) is 113 cm³/mol. The van der Waals surface area contributed by atoms with E-state index in [1.54, 1.807) is 0 Å². The van der Waals surface area contributed by atoms with E-state index in [4.69, 9.17) is 4.74 Å². The highest BCUT2D eigenvalue weighted by molar-refractivity contribution is 7.99. The quantitative estimate of drug-likeness (QED) is 0.254. The lowest BCUT2D eigenvalue weighted by Gasteiger charge is -2.09. The Hall–Kier alpha value is -2.93. The van der Waals surface area contributed by atoms with Crippen LogP contribution in [0.5, 0.6) is 0 Å². The van der Waals surface area contributed by atoms with Crippen molar-refractivity contribution in [1.29, 1.82) is 0 Å². The summed E-state index contributed by atoms with van der Waals surface area (Å²) in [6.45, 7) is 7.31. The third kappa shape index (κ3) is 5.12. The van der Waals surface area contributed by atoms with Gasteiger partial charge in [-0.1, -0.05) is 30.0 Å². The second-order valence-electron chi connectivity index (χ2n) is 6.76. The molecule has 0 saturated carbocycles. The molecule has 0 aliphatic rings. The fourth-order valence-electron chi connectivity index (χ4n) is 3.17. The number of thioether (sulfide) groups is 1. The van der Waals surface area contributed by atoms with Crippen LogP contribution in [-0.4, -0.2) is 38.6 Å². The van der Waals surface area contributed by atoms with Crippen LogP contribution in [0.2, 0.25) is 0 Å². The van der Waals surface area contributed by atoms with E-state index in [0.717, 1.165) is 28.5 Å². The minimum atomic E-state index is -0.469. The SMILES string of the molecule is Cc1cc(C)nc(SCC(=O)OCC(=O)c2cc(C)n(-c3ccccc3)c2C)n1. The lowest BCUT2D eigenvalue weighted by atomic mass is 10.1. The molecule has 1 aromatic carbocycles. The van der Waals surface area contributed by atoms with Gasteiger partial charge in [0.15, 0.2) is 11.8 Å². The lowest BCUT2D eigenvalue weighted by molar-refractivity contribution is -0.139. The summed E-state index contributed by atoms with van der Waals surface area (Å²) < 4.78 is 7.19. The molecule has 0 saturated heterocycles. The Labute approximate surface area is 174 Å². The Morgan fingerprint density at radius 3 is 2.31 bits per heavy atom. The van der Waals surface area contributed by atoms with E-state index in [0.29, 0.717) is 10.7 Å². The summed E-state index contributed by atoms with van der Waals surface area (Å²) in [6, 6.07) is 13.5. The van der Waals surface area contributed by atoms with Gasteiger partial charge >= 0.3 is 5.97 Å². The fraction of sp³-hybridized carbons (Fsp3) is 0.273. The van der Waals surface area contributed by atoms with Gasteiger partial charge in [0.1, 0.15) is 0 Å². The summed E-state index contributed by atoms with van der Waals surface area (Å²) in [5.74, 6) is -0.636. The van der Waals surface area contributed by atoms with E-state index in [1.165, 1.54) is 11.8 Å². The number of para-hydroxylation sites is 1. The number of aromatic nitrogens is 3. The molecule has 3 aromatic rings. The van der Waals surface area contributed by atoms with Gasteiger partial charge in [-0.25, -0.2) is 9.97 Å². The molecule has 7 heteroatoms. The summed E-state index contributed by atoms with van der Waals surface area (Å²) in [6.07, 6.45) is 0. The van der Waals surface area contributed by atoms with Gasteiger partial charge in [-0.05, 0) is 52.0 Å². The van der Waals surface area contributed by atoms with Gasteiger partial charge in [-0.2, -0.15) is 0 Å². The number of Topliss-reactive ketones (excluding diaryl/α,β-unsaturated/α-hetero) is 1. The molecular weight excluding hydrogens is 386 g/mol. The molecule has 150 valence electrons. The number of ketones is 1. The zero-order valence-corrected chi connectivity index (χ0v) is 17.7. The van der Waals surface area contributed by atoms with Gasteiger partial charge in [0, 0.05) is 34.0 Å². The summed E-state index contributed by atoms with van der Waals surface area (Å²) in [7, 11) is 0. The first kappa shape index (κ1) is 20.8. The average Bonchev–Trinajstić information content (AvgIpc) is 2.98. The molecule has 2 aromatic heterocycles. The first-order chi connectivity index (χ1) is 13.8. The van der Waals surface area contributed by atoms with E-state index in [1.807, 2.05) is 74.7 Å². The third-order valence-corrected chi connectivity index (χ3v) is 5.21. The molecular formula is C22H23N3O3S. The zero-order valence-electron chi connectivity index (χ0n) is 16.9. The topological polar surface area (TPSA) is 74.1 Å². The Balaban J connectivity index is 1.60. The van der Waals surface area contributed by atoms with E-state index in [2.05, 4.69) is 9.97 Å². The maximum absolute atomic E-state index is 12.6. The lowest BCUT2D eigenvalue weighted by Crippen LogP contribution is -2.16. The van der Waals surface area contributed by atoms with Crippen LogP contribution < -0.4 is 0 Å². The molecule has 0 N–H and O–H groups in total. The second kappa shape index (κ2) is 9.05. The largest absolute Gasteiger partial charge is 0.457 e. The molecule has 0 unspecified atom stereocenters. The predicted octanol–water partition coefficient (Wildman–Crippen LogP) is 4.02. The van der Waals surface area contributed by atoms with Gasteiger partial charge in [-0.15, -0.1) is 0 Å². The van der Waals surface area contributed by atoms with Gasteiger partial charge < -0.3 is 9.30 Å².